The monoisotopic (exact) mass is 357 g/mol. The van der Waals surface area contributed by atoms with Gasteiger partial charge in [-0.25, -0.2) is 4.98 Å². The molecule has 0 atom stereocenters. The van der Waals surface area contributed by atoms with E-state index in [0.29, 0.717) is 0 Å². The molecule has 0 amide bonds. The fourth-order valence-corrected chi connectivity index (χ4v) is 3.51. The van der Waals surface area contributed by atoms with E-state index in [1.165, 1.54) is 11.1 Å². The molecule has 0 aliphatic carbocycles. The third-order valence-corrected chi connectivity index (χ3v) is 4.83. The van der Waals surface area contributed by atoms with Crippen molar-refractivity contribution in [3.8, 4) is 16.9 Å². The molecule has 0 unspecified atom stereocenters. The van der Waals surface area contributed by atoms with Gasteiger partial charge in [-0.15, -0.1) is 0 Å². The summed E-state index contributed by atoms with van der Waals surface area (Å²) >= 11 is 3.66. The van der Waals surface area contributed by atoms with Crippen LogP contribution in [0.2, 0.25) is 0 Å². The smallest absolute Gasteiger partial charge is 0.142 e. The normalized spacial score (nSPS) is 14.0. The Balaban J connectivity index is 1.95. The summed E-state index contributed by atoms with van der Waals surface area (Å²) in [5.41, 5.74) is 4.47. The van der Waals surface area contributed by atoms with E-state index < -0.39 is 0 Å². The standard InChI is InChI=1S/C17H16BrN3O/c1-20-7-8-22-15-4-3-11(9-14(15)20)12-10-21(2)17-16(12)13(18)5-6-19-17/h3-6,9-10H,7-8H2,1-2H3. The zero-order chi connectivity index (χ0) is 15.3. The lowest BCUT2D eigenvalue weighted by atomic mass is 10.0. The summed E-state index contributed by atoms with van der Waals surface area (Å²) in [7, 11) is 4.13. The second-order valence-electron chi connectivity index (χ2n) is 5.60. The van der Waals surface area contributed by atoms with Gasteiger partial charge in [-0.2, -0.15) is 0 Å². The Kier molecular flexibility index (Phi) is 3.11. The first-order valence-electron chi connectivity index (χ1n) is 7.23. The summed E-state index contributed by atoms with van der Waals surface area (Å²) in [6, 6.07) is 8.36. The third kappa shape index (κ3) is 2.00. The van der Waals surface area contributed by atoms with Crippen molar-refractivity contribution in [2.45, 2.75) is 0 Å². The van der Waals surface area contributed by atoms with E-state index in [1.807, 2.05) is 19.3 Å². The van der Waals surface area contributed by atoms with Crippen molar-refractivity contribution in [1.29, 1.82) is 0 Å². The van der Waals surface area contributed by atoms with Gasteiger partial charge in [-0.1, -0.05) is 6.07 Å². The lowest BCUT2D eigenvalue weighted by Crippen LogP contribution is -2.28. The van der Waals surface area contributed by atoms with Crippen LogP contribution in [0.15, 0.2) is 41.1 Å². The minimum Gasteiger partial charge on any atom is -0.490 e. The fourth-order valence-electron chi connectivity index (χ4n) is 3.00. The van der Waals surface area contributed by atoms with Gasteiger partial charge in [-0.05, 0) is 39.7 Å². The van der Waals surface area contributed by atoms with Crippen molar-refractivity contribution in [1.82, 2.24) is 9.55 Å². The highest BCUT2D eigenvalue weighted by atomic mass is 79.9. The molecule has 5 heteroatoms. The van der Waals surface area contributed by atoms with Crippen LogP contribution < -0.4 is 9.64 Å². The number of likely N-dealkylation sites (N-methyl/N-ethyl adjacent to an activating group) is 1. The highest BCUT2D eigenvalue weighted by molar-refractivity contribution is 9.10. The van der Waals surface area contributed by atoms with Crippen molar-refractivity contribution in [2.75, 3.05) is 25.1 Å². The predicted octanol–water partition coefficient (Wildman–Crippen LogP) is 3.83. The molecule has 2 aromatic heterocycles. The van der Waals surface area contributed by atoms with Crippen LogP contribution in [0.3, 0.4) is 0 Å². The van der Waals surface area contributed by atoms with E-state index in [0.717, 1.165) is 40.1 Å². The maximum Gasteiger partial charge on any atom is 0.142 e. The van der Waals surface area contributed by atoms with Crippen LogP contribution >= 0.6 is 15.9 Å². The fraction of sp³-hybridized carbons (Fsp3) is 0.235. The van der Waals surface area contributed by atoms with Crippen LogP contribution in [-0.2, 0) is 7.05 Å². The van der Waals surface area contributed by atoms with E-state index in [4.69, 9.17) is 4.74 Å². The number of nitrogens with zero attached hydrogens (tertiary/aromatic N) is 3. The SMILES string of the molecule is CN1CCOc2ccc(-c3cn(C)c4nccc(Br)c34)cc21. The molecule has 0 bridgehead atoms. The minimum absolute atomic E-state index is 0.743. The zero-order valence-electron chi connectivity index (χ0n) is 12.5. The molecular formula is C17H16BrN3O. The van der Waals surface area contributed by atoms with Crippen LogP contribution in [0, 0.1) is 0 Å². The lowest BCUT2D eigenvalue weighted by Gasteiger charge is -2.28. The molecule has 4 nitrogen and oxygen atoms in total. The number of hydrogen-bond acceptors (Lipinski definition) is 3. The van der Waals surface area contributed by atoms with Crippen LogP contribution in [0.1, 0.15) is 0 Å². The van der Waals surface area contributed by atoms with Crippen molar-refractivity contribution < 1.29 is 4.74 Å². The van der Waals surface area contributed by atoms with E-state index in [-0.39, 0.29) is 0 Å². The molecule has 0 N–H and O–H groups in total. The van der Waals surface area contributed by atoms with Gasteiger partial charge >= 0.3 is 0 Å². The Hall–Kier alpha value is -2.01. The molecule has 112 valence electrons. The molecule has 0 saturated heterocycles. The second-order valence-corrected chi connectivity index (χ2v) is 6.45. The van der Waals surface area contributed by atoms with Gasteiger partial charge in [0.2, 0.25) is 0 Å². The number of pyridine rings is 1. The minimum atomic E-state index is 0.743. The largest absolute Gasteiger partial charge is 0.490 e. The molecule has 22 heavy (non-hydrogen) atoms. The lowest BCUT2D eigenvalue weighted by molar-refractivity contribution is 0.311. The van der Waals surface area contributed by atoms with E-state index in [9.17, 15) is 0 Å². The van der Waals surface area contributed by atoms with Gasteiger partial charge in [0.1, 0.15) is 18.0 Å². The van der Waals surface area contributed by atoms with Crippen LogP contribution in [0.5, 0.6) is 5.75 Å². The topological polar surface area (TPSA) is 30.3 Å². The highest BCUT2D eigenvalue weighted by Gasteiger charge is 2.18. The highest BCUT2D eigenvalue weighted by Crippen LogP contribution is 2.39. The van der Waals surface area contributed by atoms with Crippen LogP contribution in [0.25, 0.3) is 22.2 Å². The van der Waals surface area contributed by atoms with Gasteiger partial charge in [0.25, 0.3) is 0 Å². The van der Waals surface area contributed by atoms with E-state index >= 15 is 0 Å². The molecule has 4 rings (SSSR count). The zero-order valence-corrected chi connectivity index (χ0v) is 14.1. The van der Waals surface area contributed by atoms with Crippen molar-refractivity contribution >= 4 is 32.7 Å². The van der Waals surface area contributed by atoms with Gasteiger partial charge in [0.15, 0.2) is 0 Å². The van der Waals surface area contributed by atoms with Crippen LogP contribution in [-0.4, -0.2) is 29.8 Å². The first kappa shape index (κ1) is 13.6. The number of benzene rings is 1. The molecule has 1 aromatic carbocycles. The van der Waals surface area contributed by atoms with Crippen molar-refractivity contribution in [3.05, 3.63) is 41.1 Å². The summed E-state index contributed by atoms with van der Waals surface area (Å²) in [6.45, 7) is 1.66. The summed E-state index contributed by atoms with van der Waals surface area (Å²) in [4.78, 5) is 6.72. The van der Waals surface area contributed by atoms with Crippen LogP contribution in [0.4, 0.5) is 5.69 Å². The molecule has 0 fully saturated rings. The molecule has 3 heterocycles. The average Bonchev–Trinajstić information content (AvgIpc) is 2.86. The Morgan fingerprint density at radius 2 is 2.09 bits per heavy atom. The second kappa shape index (κ2) is 5.02. The molecule has 1 aliphatic heterocycles. The van der Waals surface area contributed by atoms with Crippen molar-refractivity contribution in [2.24, 2.45) is 7.05 Å². The Morgan fingerprint density at radius 3 is 2.95 bits per heavy atom. The summed E-state index contributed by atoms with van der Waals surface area (Å²) < 4.78 is 8.86. The average molecular weight is 358 g/mol. The number of hydrogen-bond donors (Lipinski definition) is 0. The van der Waals surface area contributed by atoms with Gasteiger partial charge in [0, 0.05) is 41.9 Å². The number of anilines is 1. The van der Waals surface area contributed by atoms with Crippen molar-refractivity contribution in [3.63, 3.8) is 0 Å². The van der Waals surface area contributed by atoms with Gasteiger partial charge in [0.05, 0.1) is 12.2 Å². The molecule has 1 aliphatic rings. The number of ether oxygens (including phenoxy) is 1. The molecule has 0 radical (unpaired) electrons. The molecule has 3 aromatic rings. The number of aromatic nitrogens is 2. The quantitative estimate of drug-likeness (QED) is 0.662. The summed E-state index contributed by atoms with van der Waals surface area (Å²) in [5, 5.41) is 1.14. The predicted molar refractivity (Wildman–Crippen MR) is 92.6 cm³/mol. The number of halogens is 1. The number of fused-ring (bicyclic) bond motifs is 2. The van der Waals surface area contributed by atoms with E-state index in [2.05, 4.69) is 61.8 Å². The Bertz CT molecular complexity index is 872. The first-order chi connectivity index (χ1) is 10.6. The number of aryl methyl sites for hydroxylation is 1. The summed E-state index contributed by atoms with van der Waals surface area (Å²) in [6.07, 6.45) is 3.96. The van der Waals surface area contributed by atoms with Gasteiger partial charge in [-0.3, -0.25) is 0 Å². The van der Waals surface area contributed by atoms with Gasteiger partial charge < -0.3 is 14.2 Å². The van der Waals surface area contributed by atoms with E-state index in [1.54, 1.807) is 0 Å². The first-order valence-corrected chi connectivity index (χ1v) is 8.02. The maximum atomic E-state index is 5.73. The molecular weight excluding hydrogens is 342 g/mol. The summed E-state index contributed by atoms with van der Waals surface area (Å²) in [5.74, 6) is 0.954. The Morgan fingerprint density at radius 1 is 1.23 bits per heavy atom. The number of rotatable bonds is 1. The molecule has 0 saturated carbocycles. The molecule has 0 spiro atoms. The maximum absolute atomic E-state index is 5.73. The Labute approximate surface area is 137 Å². The third-order valence-electron chi connectivity index (χ3n) is 4.17.